The first-order chi connectivity index (χ1) is 10.7. The van der Waals surface area contributed by atoms with E-state index in [-0.39, 0.29) is 5.92 Å². The van der Waals surface area contributed by atoms with Crippen molar-refractivity contribution in [3.05, 3.63) is 0 Å². The maximum Gasteiger partial charge on any atom is 0.326 e. The topological polar surface area (TPSA) is 168 Å². The van der Waals surface area contributed by atoms with Crippen molar-refractivity contribution in [1.82, 2.24) is 10.6 Å². The number of aliphatic hydroxyl groups is 1. The van der Waals surface area contributed by atoms with Gasteiger partial charge in [0.25, 0.3) is 0 Å². The highest BCUT2D eigenvalue weighted by atomic mass is 16.4. The average molecular weight is 332 g/mol. The molecule has 0 aromatic heterocycles. The molecule has 0 rings (SSSR count). The number of nitrogens with one attached hydrogen (secondary N) is 2. The summed E-state index contributed by atoms with van der Waals surface area (Å²) in [5, 5.41) is 22.9. The molecule has 0 aliphatic carbocycles. The summed E-state index contributed by atoms with van der Waals surface area (Å²) in [6, 6.07) is -3.12. The van der Waals surface area contributed by atoms with E-state index in [1.165, 1.54) is 0 Å². The zero-order chi connectivity index (χ0) is 18.0. The quantitative estimate of drug-likeness (QED) is 0.241. The third kappa shape index (κ3) is 7.91. The second-order valence-electron chi connectivity index (χ2n) is 5.70. The zero-order valence-corrected chi connectivity index (χ0v) is 13.6. The van der Waals surface area contributed by atoms with Crippen LogP contribution < -0.4 is 22.1 Å². The lowest BCUT2D eigenvalue weighted by Crippen LogP contribution is -2.55. The molecule has 9 nitrogen and oxygen atoms in total. The minimum Gasteiger partial charge on any atom is -0.480 e. The van der Waals surface area contributed by atoms with Crippen molar-refractivity contribution >= 4 is 17.8 Å². The fourth-order valence-corrected chi connectivity index (χ4v) is 1.89. The second-order valence-corrected chi connectivity index (χ2v) is 5.70. The van der Waals surface area contributed by atoms with Gasteiger partial charge in [0.2, 0.25) is 11.8 Å². The van der Waals surface area contributed by atoms with E-state index in [4.69, 9.17) is 21.7 Å². The Hall–Kier alpha value is -1.71. The van der Waals surface area contributed by atoms with Crippen LogP contribution in [0.1, 0.15) is 33.1 Å². The predicted octanol–water partition coefficient (Wildman–Crippen LogP) is -1.85. The Bertz CT molecular complexity index is 403. The standard InChI is InChI=1S/C14H28N4O5/c1-8(2)11(14(22)23)18-13(21)10(5-3-4-6-15)17-12(20)9(16)7-19/h8-11,19H,3-7,15-16H2,1-2H3,(H,17,20)(H,18,21)(H,22,23). The van der Waals surface area contributed by atoms with Crippen molar-refractivity contribution in [3.63, 3.8) is 0 Å². The van der Waals surface area contributed by atoms with Gasteiger partial charge < -0.3 is 32.3 Å². The van der Waals surface area contributed by atoms with Gasteiger partial charge in [-0.15, -0.1) is 0 Å². The molecule has 0 aromatic carbocycles. The Morgan fingerprint density at radius 1 is 1.09 bits per heavy atom. The van der Waals surface area contributed by atoms with Gasteiger partial charge in [-0.25, -0.2) is 4.79 Å². The average Bonchev–Trinajstić information content (AvgIpc) is 2.49. The lowest BCUT2D eigenvalue weighted by atomic mass is 10.0. The maximum atomic E-state index is 12.3. The maximum absolute atomic E-state index is 12.3. The van der Waals surface area contributed by atoms with Crippen LogP contribution in [0.2, 0.25) is 0 Å². The molecule has 3 unspecified atom stereocenters. The van der Waals surface area contributed by atoms with Gasteiger partial charge in [-0.2, -0.15) is 0 Å². The highest BCUT2D eigenvalue weighted by molar-refractivity contribution is 5.91. The fraction of sp³-hybridized carbons (Fsp3) is 0.786. The number of hydrogen-bond donors (Lipinski definition) is 6. The number of carboxylic acids is 1. The van der Waals surface area contributed by atoms with Crippen LogP contribution >= 0.6 is 0 Å². The third-order valence-corrected chi connectivity index (χ3v) is 3.34. The molecule has 0 saturated carbocycles. The number of hydrogen-bond acceptors (Lipinski definition) is 6. The Kier molecular flexibility index (Phi) is 10.1. The van der Waals surface area contributed by atoms with Crippen molar-refractivity contribution in [2.45, 2.75) is 51.2 Å². The molecular weight excluding hydrogens is 304 g/mol. The molecule has 0 heterocycles. The van der Waals surface area contributed by atoms with Crippen LogP contribution in [-0.2, 0) is 14.4 Å². The molecule has 0 bridgehead atoms. The molecule has 23 heavy (non-hydrogen) atoms. The van der Waals surface area contributed by atoms with E-state index < -0.39 is 42.5 Å². The number of carbonyl (C=O) groups excluding carboxylic acids is 2. The number of amides is 2. The summed E-state index contributed by atoms with van der Waals surface area (Å²) in [6.45, 7) is 3.24. The molecular formula is C14H28N4O5. The number of carbonyl (C=O) groups is 3. The van der Waals surface area contributed by atoms with Crippen LogP contribution in [0.25, 0.3) is 0 Å². The third-order valence-electron chi connectivity index (χ3n) is 3.34. The summed E-state index contributed by atoms with van der Waals surface area (Å²) < 4.78 is 0. The van der Waals surface area contributed by atoms with Crippen LogP contribution in [0.3, 0.4) is 0 Å². The summed E-state index contributed by atoms with van der Waals surface area (Å²) in [4.78, 5) is 35.2. The van der Waals surface area contributed by atoms with E-state index in [0.29, 0.717) is 25.8 Å². The van der Waals surface area contributed by atoms with E-state index in [0.717, 1.165) is 0 Å². The lowest BCUT2D eigenvalue weighted by Gasteiger charge is -2.24. The second kappa shape index (κ2) is 10.9. The predicted molar refractivity (Wildman–Crippen MR) is 84.3 cm³/mol. The molecule has 0 saturated heterocycles. The van der Waals surface area contributed by atoms with Gasteiger partial charge in [-0.05, 0) is 31.7 Å². The highest BCUT2D eigenvalue weighted by Crippen LogP contribution is 2.06. The van der Waals surface area contributed by atoms with E-state index in [1.807, 2.05) is 0 Å². The fourth-order valence-electron chi connectivity index (χ4n) is 1.89. The van der Waals surface area contributed by atoms with Crippen molar-refractivity contribution < 1.29 is 24.6 Å². The normalized spacial score (nSPS) is 14.9. The molecule has 0 radical (unpaired) electrons. The van der Waals surface area contributed by atoms with Gasteiger partial charge in [0.05, 0.1) is 6.61 Å². The molecule has 0 aliphatic rings. The monoisotopic (exact) mass is 332 g/mol. The minimum absolute atomic E-state index is 0.303. The zero-order valence-electron chi connectivity index (χ0n) is 13.6. The summed E-state index contributed by atoms with van der Waals surface area (Å²) >= 11 is 0. The lowest BCUT2D eigenvalue weighted by molar-refractivity contribution is -0.143. The smallest absolute Gasteiger partial charge is 0.326 e. The molecule has 0 aromatic rings. The Labute approximate surface area is 135 Å². The van der Waals surface area contributed by atoms with Crippen LogP contribution in [0.4, 0.5) is 0 Å². The summed E-state index contributed by atoms with van der Waals surface area (Å²) in [7, 11) is 0. The molecule has 134 valence electrons. The Balaban J connectivity index is 4.91. The van der Waals surface area contributed by atoms with Crippen LogP contribution in [0, 0.1) is 5.92 Å². The van der Waals surface area contributed by atoms with E-state index >= 15 is 0 Å². The van der Waals surface area contributed by atoms with Crippen LogP contribution in [-0.4, -0.2) is 59.3 Å². The van der Waals surface area contributed by atoms with Crippen LogP contribution in [0.15, 0.2) is 0 Å². The van der Waals surface area contributed by atoms with Gasteiger partial charge in [-0.3, -0.25) is 9.59 Å². The van der Waals surface area contributed by atoms with Gasteiger partial charge in [0, 0.05) is 0 Å². The summed E-state index contributed by atoms with van der Waals surface area (Å²) in [5.74, 6) is -2.72. The minimum atomic E-state index is -1.15. The number of nitrogens with two attached hydrogens (primary N) is 2. The summed E-state index contributed by atoms with van der Waals surface area (Å²) in [6.07, 6.45) is 1.55. The number of aliphatic carboxylic acids is 1. The number of unbranched alkanes of at least 4 members (excludes halogenated alkanes) is 1. The Morgan fingerprint density at radius 2 is 1.70 bits per heavy atom. The van der Waals surface area contributed by atoms with E-state index in [2.05, 4.69) is 10.6 Å². The van der Waals surface area contributed by atoms with E-state index in [9.17, 15) is 14.4 Å². The van der Waals surface area contributed by atoms with E-state index in [1.54, 1.807) is 13.8 Å². The number of carboxylic acid groups (broad SMARTS) is 1. The molecule has 0 aliphatic heterocycles. The van der Waals surface area contributed by atoms with Gasteiger partial charge in [0.15, 0.2) is 0 Å². The van der Waals surface area contributed by atoms with Crippen LogP contribution in [0.5, 0.6) is 0 Å². The van der Waals surface area contributed by atoms with Crippen molar-refractivity contribution in [1.29, 1.82) is 0 Å². The SMILES string of the molecule is CC(C)C(NC(=O)C(CCCCN)NC(=O)C(N)CO)C(=O)O. The first-order valence-corrected chi connectivity index (χ1v) is 7.64. The van der Waals surface area contributed by atoms with Crippen molar-refractivity contribution in [3.8, 4) is 0 Å². The molecule has 0 fully saturated rings. The Morgan fingerprint density at radius 3 is 2.13 bits per heavy atom. The molecule has 3 atom stereocenters. The molecule has 0 spiro atoms. The molecule has 9 heteroatoms. The number of aliphatic hydroxyl groups excluding tert-OH is 1. The van der Waals surface area contributed by atoms with Gasteiger partial charge >= 0.3 is 5.97 Å². The number of rotatable bonds is 11. The largest absolute Gasteiger partial charge is 0.480 e. The van der Waals surface area contributed by atoms with Crippen molar-refractivity contribution in [2.75, 3.05) is 13.2 Å². The summed E-state index contributed by atoms with van der Waals surface area (Å²) in [5.41, 5.74) is 10.8. The van der Waals surface area contributed by atoms with Gasteiger partial charge in [-0.1, -0.05) is 13.8 Å². The van der Waals surface area contributed by atoms with Crippen molar-refractivity contribution in [2.24, 2.45) is 17.4 Å². The molecule has 2 amide bonds. The first kappa shape index (κ1) is 21.3. The molecule has 8 N–H and O–H groups in total. The first-order valence-electron chi connectivity index (χ1n) is 7.64. The van der Waals surface area contributed by atoms with Gasteiger partial charge in [0.1, 0.15) is 18.1 Å². The highest BCUT2D eigenvalue weighted by Gasteiger charge is 2.29.